The summed E-state index contributed by atoms with van der Waals surface area (Å²) in [6.45, 7) is 6.65. The van der Waals surface area contributed by atoms with Gasteiger partial charge in [-0.1, -0.05) is 23.7 Å². The molecule has 1 saturated heterocycles. The number of carbonyl (C=O) groups excluding carboxylic acids is 1. The van der Waals surface area contributed by atoms with Crippen molar-refractivity contribution in [3.05, 3.63) is 35.6 Å². The molecule has 9 heteroatoms. The Morgan fingerprint density at radius 3 is 2.61 bits per heavy atom. The van der Waals surface area contributed by atoms with Crippen molar-refractivity contribution in [3.63, 3.8) is 0 Å². The van der Waals surface area contributed by atoms with E-state index in [2.05, 4.69) is 4.98 Å². The molecule has 1 aromatic carbocycles. The number of sulfonamides is 1. The van der Waals surface area contributed by atoms with E-state index in [9.17, 15) is 13.2 Å². The van der Waals surface area contributed by atoms with Gasteiger partial charge < -0.3 is 9.64 Å². The van der Waals surface area contributed by atoms with Crippen LogP contribution in [0.4, 0.5) is 4.79 Å². The van der Waals surface area contributed by atoms with Crippen molar-refractivity contribution in [3.8, 4) is 0 Å². The Kier molecular flexibility index (Phi) is 5.84. The van der Waals surface area contributed by atoms with E-state index in [4.69, 9.17) is 16.3 Å². The minimum absolute atomic E-state index is 0.156. The Balaban J connectivity index is 1.85. The number of hydrogen-bond acceptors (Lipinski definition) is 5. The monoisotopic (exact) mass is 425 g/mol. The van der Waals surface area contributed by atoms with Crippen molar-refractivity contribution >= 4 is 38.5 Å². The van der Waals surface area contributed by atoms with Crippen molar-refractivity contribution in [2.75, 3.05) is 26.2 Å². The maximum atomic E-state index is 13.3. The molecule has 0 N–H and O–H groups in total. The first kappa shape index (κ1) is 20.8. The predicted octanol–water partition coefficient (Wildman–Crippen LogP) is 3.52. The summed E-state index contributed by atoms with van der Waals surface area (Å²) in [5.74, 6) is 0. The molecule has 0 bridgehead atoms. The molecule has 3 rings (SSSR count). The molecule has 0 spiro atoms. The Bertz CT molecular complexity index is 983. The lowest BCUT2D eigenvalue weighted by Gasteiger charge is -2.26. The number of benzene rings is 1. The second-order valence-electron chi connectivity index (χ2n) is 7.70. The molecule has 0 unspecified atom stereocenters. The van der Waals surface area contributed by atoms with Gasteiger partial charge in [0.1, 0.15) is 5.60 Å². The van der Waals surface area contributed by atoms with E-state index in [0.717, 1.165) is 0 Å². The third-order valence-corrected chi connectivity index (χ3v) is 6.65. The van der Waals surface area contributed by atoms with Gasteiger partial charge in [0.25, 0.3) is 0 Å². The fourth-order valence-corrected chi connectivity index (χ4v) is 5.19. The maximum absolute atomic E-state index is 13.3. The number of fused-ring (bicyclic) bond motifs is 1. The SMILES string of the molecule is CC(C)(C)OC(=O)N1CCCN(S(=O)(=O)c2cccc3cncc(Cl)c23)CC1. The molecule has 1 aliphatic heterocycles. The summed E-state index contributed by atoms with van der Waals surface area (Å²) in [5.41, 5.74) is -0.594. The summed E-state index contributed by atoms with van der Waals surface area (Å²) < 4.78 is 33.5. The summed E-state index contributed by atoms with van der Waals surface area (Å²) in [7, 11) is -3.78. The standard InChI is InChI=1S/C19H24ClN3O4S/c1-19(2,3)27-18(24)22-8-5-9-23(11-10-22)28(25,26)16-7-4-6-14-12-21-13-15(20)17(14)16/h4,6-7,12-13H,5,8-11H2,1-3H3. The quantitative estimate of drug-likeness (QED) is 0.735. The van der Waals surface area contributed by atoms with Crippen LogP contribution in [0.3, 0.4) is 0 Å². The zero-order chi connectivity index (χ0) is 20.5. The zero-order valence-corrected chi connectivity index (χ0v) is 17.8. The molecule has 0 atom stereocenters. The largest absolute Gasteiger partial charge is 0.444 e. The molecule has 2 heterocycles. The average Bonchev–Trinajstić information content (AvgIpc) is 2.87. The van der Waals surface area contributed by atoms with Gasteiger partial charge >= 0.3 is 6.09 Å². The normalized spacial score (nSPS) is 16.8. The molecule has 0 aliphatic carbocycles. The van der Waals surface area contributed by atoms with Crippen LogP contribution in [0.15, 0.2) is 35.5 Å². The molecule has 1 fully saturated rings. The molecule has 7 nitrogen and oxygen atoms in total. The lowest BCUT2D eigenvalue weighted by atomic mass is 10.2. The Hall–Kier alpha value is -1.90. The van der Waals surface area contributed by atoms with Gasteiger partial charge in [0.05, 0.1) is 9.92 Å². The third kappa shape index (κ3) is 4.39. The fraction of sp³-hybridized carbons (Fsp3) is 0.474. The summed E-state index contributed by atoms with van der Waals surface area (Å²) in [6.07, 6.45) is 3.13. The Morgan fingerprint density at radius 1 is 1.14 bits per heavy atom. The van der Waals surface area contributed by atoms with Gasteiger partial charge in [-0.25, -0.2) is 13.2 Å². The van der Waals surface area contributed by atoms with Crippen LogP contribution >= 0.6 is 11.6 Å². The molecule has 1 aliphatic rings. The molecule has 28 heavy (non-hydrogen) atoms. The van der Waals surface area contributed by atoms with Crippen LogP contribution in [0, 0.1) is 0 Å². The van der Waals surface area contributed by atoms with Crippen LogP contribution in [0.1, 0.15) is 27.2 Å². The van der Waals surface area contributed by atoms with Gasteiger partial charge in [-0.3, -0.25) is 4.98 Å². The van der Waals surface area contributed by atoms with E-state index < -0.39 is 21.7 Å². The number of ether oxygens (including phenoxy) is 1. The molecule has 0 radical (unpaired) electrons. The highest BCUT2D eigenvalue weighted by molar-refractivity contribution is 7.89. The predicted molar refractivity (Wildman–Crippen MR) is 108 cm³/mol. The minimum Gasteiger partial charge on any atom is -0.444 e. The van der Waals surface area contributed by atoms with Crippen molar-refractivity contribution in [2.45, 2.75) is 37.7 Å². The molecule has 0 saturated carbocycles. The van der Waals surface area contributed by atoms with E-state index in [1.807, 2.05) is 0 Å². The molecule has 2 aromatic rings. The first-order chi connectivity index (χ1) is 13.1. The number of hydrogen-bond donors (Lipinski definition) is 0. The fourth-order valence-electron chi connectivity index (χ4n) is 3.16. The number of aromatic nitrogens is 1. The van der Waals surface area contributed by atoms with Gasteiger partial charge in [-0.2, -0.15) is 4.31 Å². The molecule has 1 aromatic heterocycles. The van der Waals surface area contributed by atoms with Crippen molar-refractivity contribution in [1.29, 1.82) is 0 Å². The Labute approximate surface area is 170 Å². The zero-order valence-electron chi connectivity index (χ0n) is 16.2. The van der Waals surface area contributed by atoms with E-state index in [1.165, 1.54) is 10.5 Å². The van der Waals surface area contributed by atoms with Crippen LogP contribution in [0.25, 0.3) is 10.8 Å². The second kappa shape index (κ2) is 7.85. The Morgan fingerprint density at radius 2 is 1.89 bits per heavy atom. The summed E-state index contributed by atoms with van der Waals surface area (Å²) in [5, 5.41) is 1.42. The molecule has 152 valence electrons. The highest BCUT2D eigenvalue weighted by atomic mass is 35.5. The highest BCUT2D eigenvalue weighted by Gasteiger charge is 2.31. The van der Waals surface area contributed by atoms with Crippen molar-refractivity contribution in [2.24, 2.45) is 0 Å². The summed E-state index contributed by atoms with van der Waals surface area (Å²) in [4.78, 5) is 18.1. The first-order valence-corrected chi connectivity index (χ1v) is 10.9. The summed E-state index contributed by atoms with van der Waals surface area (Å²) in [6, 6.07) is 5.01. The topological polar surface area (TPSA) is 79.8 Å². The molecular formula is C19H24ClN3O4S. The van der Waals surface area contributed by atoms with Gasteiger partial charge in [-0.15, -0.1) is 0 Å². The third-order valence-electron chi connectivity index (χ3n) is 4.42. The number of amides is 1. The van der Waals surface area contributed by atoms with Crippen molar-refractivity contribution in [1.82, 2.24) is 14.2 Å². The average molecular weight is 426 g/mol. The lowest BCUT2D eigenvalue weighted by Crippen LogP contribution is -2.40. The molecular weight excluding hydrogens is 402 g/mol. The van der Waals surface area contributed by atoms with Crippen LogP contribution in [0.5, 0.6) is 0 Å². The van der Waals surface area contributed by atoms with Gasteiger partial charge in [0.2, 0.25) is 10.0 Å². The van der Waals surface area contributed by atoms with E-state index in [-0.39, 0.29) is 18.0 Å². The van der Waals surface area contributed by atoms with Gasteiger partial charge in [0, 0.05) is 49.3 Å². The van der Waals surface area contributed by atoms with Gasteiger partial charge in [0.15, 0.2) is 0 Å². The van der Waals surface area contributed by atoms with Crippen LogP contribution in [-0.2, 0) is 14.8 Å². The number of halogens is 1. The van der Waals surface area contributed by atoms with E-state index >= 15 is 0 Å². The maximum Gasteiger partial charge on any atom is 0.410 e. The summed E-state index contributed by atoms with van der Waals surface area (Å²) >= 11 is 6.25. The minimum atomic E-state index is -3.78. The molecule has 1 amide bonds. The van der Waals surface area contributed by atoms with E-state index in [1.54, 1.807) is 50.1 Å². The number of rotatable bonds is 2. The number of pyridine rings is 1. The second-order valence-corrected chi connectivity index (χ2v) is 10.0. The van der Waals surface area contributed by atoms with Crippen molar-refractivity contribution < 1.29 is 17.9 Å². The van der Waals surface area contributed by atoms with Crippen LogP contribution in [0.2, 0.25) is 5.02 Å². The van der Waals surface area contributed by atoms with Crippen LogP contribution < -0.4 is 0 Å². The van der Waals surface area contributed by atoms with Gasteiger partial charge in [-0.05, 0) is 33.3 Å². The van der Waals surface area contributed by atoms with E-state index in [0.29, 0.717) is 35.3 Å². The first-order valence-electron chi connectivity index (χ1n) is 9.10. The number of carbonyl (C=O) groups is 1. The smallest absolute Gasteiger partial charge is 0.410 e. The highest BCUT2D eigenvalue weighted by Crippen LogP contribution is 2.31. The van der Waals surface area contributed by atoms with Crippen LogP contribution in [-0.4, -0.2) is 60.5 Å². The lowest BCUT2D eigenvalue weighted by molar-refractivity contribution is 0.0260. The number of nitrogens with zero attached hydrogens (tertiary/aromatic N) is 3.